The summed E-state index contributed by atoms with van der Waals surface area (Å²) in [6.07, 6.45) is 2.25. The number of phenols is 1. The molecule has 2 heterocycles. The standard InChI is InChI=1S/C33H26N4O9/c1-16-14-17(2-13-26(16)38)27-22-11-12-23-28(32(41)34(30(23)39)18-3-7-20(8-4-18)36(43)44)24(22)15-25-29(27)33(42)35(31(25)40)19-5-9-21(10-6-19)37(45)46/h2-11,13-14,23-25,27-29,38H,12,15H2,1H3. The number of fused-ring (bicyclic) bond motifs is 4. The second-order valence-corrected chi connectivity index (χ2v) is 12.1. The first-order valence-electron chi connectivity index (χ1n) is 14.7. The summed E-state index contributed by atoms with van der Waals surface area (Å²) in [5.74, 6) is -6.23. The molecule has 4 aliphatic rings. The van der Waals surface area contributed by atoms with Gasteiger partial charge in [0.15, 0.2) is 0 Å². The van der Waals surface area contributed by atoms with Gasteiger partial charge in [-0.25, -0.2) is 0 Å². The lowest BCUT2D eigenvalue weighted by atomic mass is 9.57. The van der Waals surface area contributed by atoms with E-state index in [4.69, 9.17) is 0 Å². The Kier molecular flexibility index (Phi) is 6.58. The van der Waals surface area contributed by atoms with Crippen LogP contribution in [0.15, 0.2) is 78.4 Å². The Hall–Kier alpha value is -5.72. The minimum absolute atomic E-state index is 0.0574. The molecule has 13 heteroatoms. The molecular weight excluding hydrogens is 596 g/mol. The first kappa shape index (κ1) is 29.0. The number of rotatable bonds is 5. The lowest BCUT2D eigenvalue weighted by Crippen LogP contribution is -2.43. The number of benzene rings is 3. The SMILES string of the molecule is Cc1cc(C2C3=CCC4C(=O)N(c5ccc([N+](=O)[O-])cc5)C(=O)C4C3CC3C(=O)N(c4ccc([N+](=O)[O-])cc4)C(=O)C32)ccc1O. The smallest absolute Gasteiger partial charge is 0.269 e. The molecule has 3 aromatic rings. The zero-order valence-electron chi connectivity index (χ0n) is 24.3. The Morgan fingerprint density at radius 1 is 0.696 bits per heavy atom. The van der Waals surface area contributed by atoms with E-state index < -0.39 is 69.0 Å². The van der Waals surface area contributed by atoms with E-state index in [1.54, 1.807) is 19.1 Å². The monoisotopic (exact) mass is 622 g/mol. The van der Waals surface area contributed by atoms with E-state index in [0.717, 1.165) is 15.4 Å². The van der Waals surface area contributed by atoms with Crippen molar-refractivity contribution in [2.24, 2.45) is 29.6 Å². The summed E-state index contributed by atoms with van der Waals surface area (Å²) >= 11 is 0. The number of nitro benzene ring substituents is 2. The number of anilines is 2. The van der Waals surface area contributed by atoms with Crippen molar-refractivity contribution in [1.29, 1.82) is 0 Å². The van der Waals surface area contributed by atoms with Crippen molar-refractivity contribution in [2.45, 2.75) is 25.7 Å². The molecule has 2 aliphatic heterocycles. The highest BCUT2D eigenvalue weighted by Crippen LogP contribution is 2.58. The summed E-state index contributed by atoms with van der Waals surface area (Å²) in [6, 6.07) is 15.3. The van der Waals surface area contributed by atoms with E-state index >= 15 is 0 Å². The minimum Gasteiger partial charge on any atom is -0.508 e. The van der Waals surface area contributed by atoms with Crippen LogP contribution in [0.25, 0.3) is 0 Å². The van der Waals surface area contributed by atoms with Crippen LogP contribution in [0.4, 0.5) is 22.7 Å². The van der Waals surface area contributed by atoms with Crippen molar-refractivity contribution in [3.8, 4) is 5.75 Å². The van der Waals surface area contributed by atoms with Crippen LogP contribution in [-0.4, -0.2) is 38.6 Å². The Morgan fingerprint density at radius 2 is 1.22 bits per heavy atom. The number of allylic oxidation sites excluding steroid dienone is 2. The van der Waals surface area contributed by atoms with Crippen LogP contribution in [0.1, 0.15) is 29.9 Å². The number of aryl methyl sites for hydroxylation is 1. The lowest BCUT2D eigenvalue weighted by molar-refractivity contribution is -0.385. The number of non-ortho nitro benzene ring substituents is 2. The highest BCUT2D eigenvalue weighted by atomic mass is 16.6. The van der Waals surface area contributed by atoms with Crippen molar-refractivity contribution in [2.75, 3.05) is 9.80 Å². The van der Waals surface area contributed by atoms with Crippen molar-refractivity contribution in [3.05, 3.63) is 110 Å². The van der Waals surface area contributed by atoms with Crippen molar-refractivity contribution in [1.82, 2.24) is 0 Å². The van der Waals surface area contributed by atoms with Crippen LogP contribution in [0.2, 0.25) is 0 Å². The van der Waals surface area contributed by atoms with Crippen LogP contribution in [-0.2, 0) is 19.2 Å². The van der Waals surface area contributed by atoms with Gasteiger partial charge in [-0.2, -0.15) is 0 Å². The Morgan fingerprint density at radius 3 is 1.74 bits per heavy atom. The second kappa shape index (κ2) is 10.4. The molecule has 3 fully saturated rings. The van der Waals surface area contributed by atoms with Gasteiger partial charge in [0.25, 0.3) is 11.4 Å². The molecular formula is C33H26N4O9. The molecule has 13 nitrogen and oxygen atoms in total. The summed E-state index contributed by atoms with van der Waals surface area (Å²) in [5, 5.41) is 32.6. The van der Waals surface area contributed by atoms with E-state index in [9.17, 15) is 44.5 Å². The number of amides is 4. The molecule has 7 rings (SSSR count). The number of carbonyl (C=O) groups excluding carboxylic acids is 4. The summed E-state index contributed by atoms with van der Waals surface area (Å²) in [4.78, 5) is 79.3. The largest absolute Gasteiger partial charge is 0.508 e. The first-order valence-corrected chi connectivity index (χ1v) is 14.7. The fraction of sp³-hybridized carbons (Fsp3) is 0.273. The molecule has 6 atom stereocenters. The molecule has 0 bridgehead atoms. The van der Waals surface area contributed by atoms with Gasteiger partial charge in [-0.05, 0) is 67.1 Å². The van der Waals surface area contributed by atoms with Gasteiger partial charge in [0.1, 0.15) is 5.75 Å². The predicted molar refractivity (Wildman–Crippen MR) is 162 cm³/mol. The first-order chi connectivity index (χ1) is 22.0. The van der Waals surface area contributed by atoms with Crippen LogP contribution in [0.3, 0.4) is 0 Å². The number of aromatic hydroxyl groups is 1. The molecule has 3 aromatic carbocycles. The molecule has 2 saturated heterocycles. The molecule has 0 radical (unpaired) electrons. The Bertz CT molecular complexity index is 1900. The van der Waals surface area contributed by atoms with Crippen LogP contribution < -0.4 is 9.80 Å². The quantitative estimate of drug-likeness (QED) is 0.185. The average molecular weight is 623 g/mol. The second-order valence-electron chi connectivity index (χ2n) is 12.1. The van der Waals surface area contributed by atoms with Gasteiger partial charge in [-0.1, -0.05) is 23.8 Å². The molecule has 2 aliphatic carbocycles. The molecule has 6 unspecified atom stereocenters. The Labute approximate surface area is 261 Å². The van der Waals surface area contributed by atoms with Gasteiger partial charge in [-0.15, -0.1) is 0 Å². The minimum atomic E-state index is -0.848. The van der Waals surface area contributed by atoms with Gasteiger partial charge in [-0.3, -0.25) is 49.2 Å². The fourth-order valence-corrected chi connectivity index (χ4v) is 7.79. The fourth-order valence-electron chi connectivity index (χ4n) is 7.79. The number of imide groups is 2. The summed E-state index contributed by atoms with van der Waals surface area (Å²) in [7, 11) is 0. The van der Waals surface area contributed by atoms with Crippen molar-refractivity contribution < 1.29 is 34.1 Å². The number of phenolic OH excluding ortho intramolecular Hbond substituents is 1. The van der Waals surface area contributed by atoms with E-state index in [0.29, 0.717) is 11.1 Å². The number of nitro groups is 2. The van der Waals surface area contributed by atoms with Gasteiger partial charge >= 0.3 is 0 Å². The summed E-state index contributed by atoms with van der Waals surface area (Å²) in [5.41, 5.74) is 2.04. The normalized spacial score (nSPS) is 26.8. The Balaban J connectivity index is 1.30. The molecule has 0 aromatic heterocycles. The van der Waals surface area contributed by atoms with Gasteiger partial charge < -0.3 is 5.11 Å². The highest BCUT2D eigenvalue weighted by molar-refractivity contribution is 6.24. The third-order valence-electron chi connectivity index (χ3n) is 9.87. The molecule has 0 spiro atoms. The number of carbonyl (C=O) groups is 4. The van der Waals surface area contributed by atoms with E-state index in [1.807, 2.05) is 6.08 Å². The predicted octanol–water partition coefficient (Wildman–Crippen LogP) is 4.56. The van der Waals surface area contributed by atoms with Crippen LogP contribution in [0, 0.1) is 56.7 Å². The summed E-state index contributed by atoms with van der Waals surface area (Å²) in [6.45, 7) is 1.72. The highest BCUT2D eigenvalue weighted by Gasteiger charge is 2.62. The zero-order valence-corrected chi connectivity index (χ0v) is 24.3. The summed E-state index contributed by atoms with van der Waals surface area (Å²) < 4.78 is 0. The molecule has 232 valence electrons. The van der Waals surface area contributed by atoms with E-state index in [2.05, 4.69) is 0 Å². The van der Waals surface area contributed by atoms with E-state index in [1.165, 1.54) is 54.6 Å². The van der Waals surface area contributed by atoms with Crippen LogP contribution >= 0.6 is 0 Å². The average Bonchev–Trinajstić information content (AvgIpc) is 3.45. The molecule has 46 heavy (non-hydrogen) atoms. The van der Waals surface area contributed by atoms with Crippen molar-refractivity contribution in [3.63, 3.8) is 0 Å². The number of nitrogens with zero attached hydrogens (tertiary/aromatic N) is 4. The zero-order chi connectivity index (χ0) is 32.6. The lowest BCUT2D eigenvalue weighted by Gasteiger charge is -2.44. The van der Waals surface area contributed by atoms with Gasteiger partial charge in [0.2, 0.25) is 23.6 Å². The topological polar surface area (TPSA) is 181 Å². The van der Waals surface area contributed by atoms with Gasteiger partial charge in [0.05, 0.1) is 44.9 Å². The maximum atomic E-state index is 14.2. The molecule has 1 N–H and O–H groups in total. The van der Waals surface area contributed by atoms with E-state index in [-0.39, 0.29) is 41.3 Å². The van der Waals surface area contributed by atoms with Crippen LogP contribution in [0.5, 0.6) is 5.75 Å². The van der Waals surface area contributed by atoms with Crippen molar-refractivity contribution >= 4 is 46.4 Å². The molecule has 4 amide bonds. The number of hydrogen-bond acceptors (Lipinski definition) is 9. The third kappa shape index (κ3) is 4.22. The molecule has 1 saturated carbocycles. The maximum absolute atomic E-state index is 14.2. The number of hydrogen-bond donors (Lipinski definition) is 1. The third-order valence-corrected chi connectivity index (χ3v) is 9.87. The van der Waals surface area contributed by atoms with Gasteiger partial charge in [0, 0.05) is 30.2 Å². The maximum Gasteiger partial charge on any atom is 0.269 e.